The van der Waals surface area contributed by atoms with Gasteiger partial charge in [-0.25, -0.2) is 0 Å². The number of aryl methyl sites for hydroxylation is 1. The summed E-state index contributed by atoms with van der Waals surface area (Å²) in [6, 6.07) is 4.21. The minimum absolute atomic E-state index is 1.06. The molecule has 0 saturated carbocycles. The molecule has 1 rings (SSSR count). The highest BCUT2D eigenvalue weighted by Crippen LogP contribution is 2.18. The van der Waals surface area contributed by atoms with Crippen LogP contribution in [0.4, 0.5) is 0 Å². The van der Waals surface area contributed by atoms with Gasteiger partial charge in [-0.3, -0.25) is 0 Å². The maximum atomic E-state index is 5.32. The van der Waals surface area contributed by atoms with E-state index in [0.29, 0.717) is 0 Å². The molecule has 76 valence electrons. The standard InChI is InChI=1S/C13H18S/c1-3-5-6-7-8-9-13-11-10-12(4-2)14-13/h2,10-11H,3,5-9H2,1H3. The van der Waals surface area contributed by atoms with E-state index in [0.717, 1.165) is 4.88 Å². The molecule has 0 bridgehead atoms. The lowest BCUT2D eigenvalue weighted by Crippen LogP contribution is -1.81. The third-order valence-corrected chi connectivity index (χ3v) is 3.41. The molecule has 0 aliphatic heterocycles. The van der Waals surface area contributed by atoms with Gasteiger partial charge in [0.05, 0.1) is 4.88 Å². The maximum absolute atomic E-state index is 5.32. The van der Waals surface area contributed by atoms with E-state index < -0.39 is 0 Å². The van der Waals surface area contributed by atoms with E-state index in [-0.39, 0.29) is 0 Å². The van der Waals surface area contributed by atoms with Crippen molar-refractivity contribution >= 4 is 11.3 Å². The van der Waals surface area contributed by atoms with Crippen molar-refractivity contribution in [1.82, 2.24) is 0 Å². The topological polar surface area (TPSA) is 0 Å². The second-order valence-corrected chi connectivity index (χ2v) is 4.74. The fourth-order valence-corrected chi connectivity index (χ4v) is 2.35. The summed E-state index contributed by atoms with van der Waals surface area (Å²) in [5.74, 6) is 2.68. The second kappa shape index (κ2) is 6.68. The fourth-order valence-electron chi connectivity index (χ4n) is 1.49. The van der Waals surface area contributed by atoms with Crippen LogP contribution in [0.2, 0.25) is 0 Å². The van der Waals surface area contributed by atoms with Gasteiger partial charge in [0.1, 0.15) is 0 Å². The Balaban J connectivity index is 2.16. The Kier molecular flexibility index (Phi) is 5.40. The van der Waals surface area contributed by atoms with Gasteiger partial charge in [0.15, 0.2) is 0 Å². The molecule has 0 fully saturated rings. The van der Waals surface area contributed by atoms with Crippen LogP contribution < -0.4 is 0 Å². The van der Waals surface area contributed by atoms with Crippen LogP contribution in [0.5, 0.6) is 0 Å². The molecule has 1 aromatic heterocycles. The van der Waals surface area contributed by atoms with Crippen molar-refractivity contribution in [3.63, 3.8) is 0 Å². The first-order valence-electron chi connectivity index (χ1n) is 5.42. The highest BCUT2D eigenvalue weighted by Gasteiger charge is 1.97. The van der Waals surface area contributed by atoms with Gasteiger partial charge in [-0.05, 0) is 25.0 Å². The number of hydrogen-bond donors (Lipinski definition) is 0. The second-order valence-electron chi connectivity index (χ2n) is 3.57. The zero-order valence-electron chi connectivity index (χ0n) is 8.88. The normalized spacial score (nSPS) is 10.0. The van der Waals surface area contributed by atoms with Crippen LogP contribution in [0.1, 0.15) is 48.8 Å². The average molecular weight is 206 g/mol. The summed E-state index contributed by atoms with van der Waals surface area (Å²) in [6.07, 6.45) is 13.3. The van der Waals surface area contributed by atoms with Gasteiger partial charge in [-0.15, -0.1) is 17.8 Å². The number of unbranched alkanes of at least 4 members (excludes halogenated alkanes) is 4. The van der Waals surface area contributed by atoms with Crippen LogP contribution in [0.15, 0.2) is 12.1 Å². The Bertz CT molecular complexity index is 290. The lowest BCUT2D eigenvalue weighted by atomic mass is 10.1. The Labute approximate surface area is 91.4 Å². The third kappa shape index (κ3) is 3.98. The molecule has 0 nitrogen and oxygen atoms in total. The average Bonchev–Trinajstić information content (AvgIpc) is 2.65. The highest BCUT2D eigenvalue weighted by molar-refractivity contribution is 7.12. The van der Waals surface area contributed by atoms with Crippen LogP contribution in [-0.2, 0) is 6.42 Å². The third-order valence-electron chi connectivity index (χ3n) is 2.33. The first-order valence-corrected chi connectivity index (χ1v) is 6.23. The van der Waals surface area contributed by atoms with E-state index in [9.17, 15) is 0 Å². The van der Waals surface area contributed by atoms with E-state index in [2.05, 4.69) is 18.9 Å². The van der Waals surface area contributed by atoms with Crippen molar-refractivity contribution in [3.05, 3.63) is 21.9 Å². The van der Waals surface area contributed by atoms with Gasteiger partial charge in [-0.1, -0.05) is 38.5 Å². The molecule has 0 unspecified atom stereocenters. The van der Waals surface area contributed by atoms with Gasteiger partial charge in [0.25, 0.3) is 0 Å². The molecule has 0 aliphatic rings. The van der Waals surface area contributed by atoms with Gasteiger partial charge >= 0.3 is 0 Å². The van der Waals surface area contributed by atoms with E-state index in [4.69, 9.17) is 6.42 Å². The smallest absolute Gasteiger partial charge is 0.0768 e. The van der Waals surface area contributed by atoms with Gasteiger partial charge in [0, 0.05) is 4.88 Å². The monoisotopic (exact) mass is 206 g/mol. The van der Waals surface area contributed by atoms with Crippen LogP contribution in [0.25, 0.3) is 0 Å². The molecule has 1 heterocycles. The molecule has 0 aromatic carbocycles. The largest absolute Gasteiger partial charge is 0.132 e. The minimum Gasteiger partial charge on any atom is -0.132 e. The van der Waals surface area contributed by atoms with E-state index in [1.807, 2.05) is 6.07 Å². The summed E-state index contributed by atoms with van der Waals surface area (Å²) < 4.78 is 0. The van der Waals surface area contributed by atoms with Gasteiger partial charge < -0.3 is 0 Å². The summed E-state index contributed by atoms with van der Waals surface area (Å²) in [6.45, 7) is 2.25. The van der Waals surface area contributed by atoms with Crippen molar-refractivity contribution in [2.75, 3.05) is 0 Å². The van der Waals surface area contributed by atoms with Crippen molar-refractivity contribution in [2.45, 2.75) is 45.4 Å². The van der Waals surface area contributed by atoms with E-state index in [1.54, 1.807) is 11.3 Å². The Morgan fingerprint density at radius 1 is 1.21 bits per heavy atom. The van der Waals surface area contributed by atoms with E-state index >= 15 is 0 Å². The SMILES string of the molecule is C#Cc1ccc(CCCCCCC)s1. The first kappa shape index (κ1) is 11.3. The number of hydrogen-bond acceptors (Lipinski definition) is 1. The molecular formula is C13H18S. The Hall–Kier alpha value is -0.740. The molecule has 0 spiro atoms. The lowest BCUT2D eigenvalue weighted by Gasteiger charge is -1.97. The van der Waals surface area contributed by atoms with Crippen LogP contribution in [0.3, 0.4) is 0 Å². The van der Waals surface area contributed by atoms with Crippen molar-refractivity contribution in [3.8, 4) is 12.3 Å². The molecule has 1 aromatic rings. The quantitative estimate of drug-likeness (QED) is 0.482. The zero-order chi connectivity index (χ0) is 10.2. The van der Waals surface area contributed by atoms with Crippen LogP contribution in [0, 0.1) is 12.3 Å². The van der Waals surface area contributed by atoms with E-state index in [1.165, 1.54) is 43.4 Å². The first-order chi connectivity index (χ1) is 6.86. The van der Waals surface area contributed by atoms with Crippen LogP contribution in [-0.4, -0.2) is 0 Å². The maximum Gasteiger partial charge on any atom is 0.0768 e. The zero-order valence-corrected chi connectivity index (χ0v) is 9.70. The van der Waals surface area contributed by atoms with Crippen molar-refractivity contribution in [1.29, 1.82) is 0 Å². The number of thiophene rings is 1. The van der Waals surface area contributed by atoms with Crippen molar-refractivity contribution in [2.24, 2.45) is 0 Å². The predicted octanol–water partition coefficient (Wildman–Crippen LogP) is 4.24. The number of rotatable bonds is 6. The fraction of sp³-hybridized carbons (Fsp3) is 0.538. The summed E-state index contributed by atoms with van der Waals surface area (Å²) in [7, 11) is 0. The summed E-state index contributed by atoms with van der Waals surface area (Å²) in [5, 5.41) is 0. The van der Waals surface area contributed by atoms with Gasteiger partial charge in [-0.2, -0.15) is 0 Å². The highest BCUT2D eigenvalue weighted by atomic mass is 32.1. The molecule has 0 amide bonds. The Morgan fingerprint density at radius 2 is 2.00 bits per heavy atom. The molecule has 0 atom stereocenters. The molecule has 14 heavy (non-hydrogen) atoms. The molecule has 0 saturated heterocycles. The summed E-state index contributed by atoms with van der Waals surface area (Å²) >= 11 is 1.76. The van der Waals surface area contributed by atoms with Crippen LogP contribution >= 0.6 is 11.3 Å². The summed E-state index contributed by atoms with van der Waals surface area (Å²) in [4.78, 5) is 2.50. The predicted molar refractivity (Wildman–Crippen MR) is 64.7 cm³/mol. The van der Waals surface area contributed by atoms with Gasteiger partial charge in [0.2, 0.25) is 0 Å². The molecule has 0 radical (unpaired) electrons. The number of terminal acetylenes is 1. The molecule has 0 aliphatic carbocycles. The van der Waals surface area contributed by atoms with Crippen molar-refractivity contribution < 1.29 is 0 Å². The lowest BCUT2D eigenvalue weighted by molar-refractivity contribution is 0.634. The molecular weight excluding hydrogens is 188 g/mol. The summed E-state index contributed by atoms with van der Waals surface area (Å²) in [5.41, 5.74) is 0. The Morgan fingerprint density at radius 3 is 2.64 bits per heavy atom. The molecule has 0 N–H and O–H groups in total. The molecule has 1 heteroatoms. The minimum atomic E-state index is 1.06.